The smallest absolute Gasteiger partial charge is 0.315 e. The summed E-state index contributed by atoms with van der Waals surface area (Å²) in [7, 11) is 0. The van der Waals surface area contributed by atoms with E-state index in [0.29, 0.717) is 6.61 Å². The Morgan fingerprint density at radius 2 is 2.45 bits per heavy atom. The molecule has 2 heterocycles. The molecule has 0 spiro atoms. The number of thiophene rings is 1. The third kappa shape index (κ3) is 2.56. The predicted molar refractivity (Wildman–Crippen MR) is 85.4 cm³/mol. The van der Waals surface area contributed by atoms with Crippen molar-refractivity contribution in [3.8, 4) is 9.88 Å². The first-order valence-electron chi connectivity index (χ1n) is 6.60. The van der Waals surface area contributed by atoms with Crippen molar-refractivity contribution in [1.29, 1.82) is 0 Å². The molecular formula is C14H14BrNO2S2. The monoisotopic (exact) mass is 371 g/mol. The maximum Gasteiger partial charge on any atom is 0.315 e. The van der Waals surface area contributed by atoms with Crippen molar-refractivity contribution in [2.75, 3.05) is 6.61 Å². The van der Waals surface area contributed by atoms with Crippen LogP contribution in [0.5, 0.6) is 0 Å². The third-order valence-electron chi connectivity index (χ3n) is 3.34. The molecule has 1 unspecified atom stereocenters. The fourth-order valence-electron chi connectivity index (χ4n) is 2.43. The van der Waals surface area contributed by atoms with Gasteiger partial charge in [0, 0.05) is 9.35 Å². The van der Waals surface area contributed by atoms with E-state index in [-0.39, 0.29) is 11.9 Å². The standard InChI is InChI=1S/C14H14BrNO2S2/c1-2-18-14(17)8-4-3-5-10-11(8)16-13(20-10)12-9(15)6-7-19-12/h6-8H,2-5H2,1H3. The summed E-state index contributed by atoms with van der Waals surface area (Å²) >= 11 is 6.93. The number of aromatic nitrogens is 1. The van der Waals surface area contributed by atoms with Gasteiger partial charge in [-0.3, -0.25) is 4.79 Å². The fraction of sp³-hybridized carbons (Fsp3) is 0.429. The van der Waals surface area contributed by atoms with Gasteiger partial charge in [-0.05, 0) is 53.6 Å². The summed E-state index contributed by atoms with van der Waals surface area (Å²) in [6, 6.07) is 2.03. The molecule has 0 aliphatic heterocycles. The Labute approximate surface area is 134 Å². The van der Waals surface area contributed by atoms with Gasteiger partial charge in [0.25, 0.3) is 0 Å². The van der Waals surface area contributed by atoms with Gasteiger partial charge in [-0.15, -0.1) is 22.7 Å². The number of rotatable bonds is 3. The molecule has 0 fully saturated rings. The van der Waals surface area contributed by atoms with Gasteiger partial charge >= 0.3 is 5.97 Å². The number of hydrogen-bond donors (Lipinski definition) is 0. The molecule has 3 rings (SSSR count). The zero-order valence-electron chi connectivity index (χ0n) is 11.0. The Morgan fingerprint density at radius 1 is 1.60 bits per heavy atom. The van der Waals surface area contributed by atoms with Crippen LogP contribution in [0.25, 0.3) is 9.88 Å². The molecule has 1 aliphatic rings. The lowest BCUT2D eigenvalue weighted by Crippen LogP contribution is -2.20. The molecule has 1 atom stereocenters. The normalized spacial score (nSPS) is 17.8. The molecule has 0 radical (unpaired) electrons. The predicted octanol–water partition coefficient (Wildman–Crippen LogP) is 4.62. The minimum absolute atomic E-state index is 0.129. The zero-order chi connectivity index (χ0) is 14.1. The number of fused-ring (bicyclic) bond motifs is 1. The van der Waals surface area contributed by atoms with Crippen molar-refractivity contribution in [1.82, 2.24) is 4.98 Å². The fourth-order valence-corrected chi connectivity index (χ4v) is 5.40. The molecular weight excluding hydrogens is 358 g/mol. The Hall–Kier alpha value is -0.720. The highest BCUT2D eigenvalue weighted by atomic mass is 79.9. The summed E-state index contributed by atoms with van der Waals surface area (Å²) < 4.78 is 6.25. The summed E-state index contributed by atoms with van der Waals surface area (Å²) in [5.41, 5.74) is 0.940. The van der Waals surface area contributed by atoms with Gasteiger partial charge in [-0.25, -0.2) is 4.98 Å². The van der Waals surface area contributed by atoms with Crippen LogP contribution < -0.4 is 0 Å². The quantitative estimate of drug-likeness (QED) is 0.739. The molecule has 2 aromatic heterocycles. The largest absolute Gasteiger partial charge is 0.465 e. The average Bonchev–Trinajstić information content (AvgIpc) is 3.03. The van der Waals surface area contributed by atoms with E-state index in [9.17, 15) is 4.79 Å². The van der Waals surface area contributed by atoms with Crippen molar-refractivity contribution in [2.45, 2.75) is 32.1 Å². The first-order valence-corrected chi connectivity index (χ1v) is 9.09. The van der Waals surface area contributed by atoms with Crippen molar-refractivity contribution in [3.05, 3.63) is 26.5 Å². The minimum atomic E-state index is -0.178. The number of ether oxygens (including phenoxy) is 1. The highest BCUT2D eigenvalue weighted by Crippen LogP contribution is 2.42. The molecule has 20 heavy (non-hydrogen) atoms. The lowest BCUT2D eigenvalue weighted by Gasteiger charge is -2.19. The summed E-state index contributed by atoms with van der Waals surface area (Å²) in [6.07, 6.45) is 2.90. The Bertz CT molecular complexity index is 635. The van der Waals surface area contributed by atoms with Crippen LogP contribution in [0.4, 0.5) is 0 Å². The maximum atomic E-state index is 12.1. The highest BCUT2D eigenvalue weighted by molar-refractivity contribution is 9.10. The number of carbonyl (C=O) groups is 1. The molecule has 106 valence electrons. The Kier molecular flexibility index (Phi) is 4.23. The van der Waals surface area contributed by atoms with Crippen LogP contribution in [0.15, 0.2) is 15.9 Å². The van der Waals surface area contributed by atoms with Gasteiger partial charge in [-0.1, -0.05) is 0 Å². The van der Waals surface area contributed by atoms with Gasteiger partial charge < -0.3 is 4.74 Å². The van der Waals surface area contributed by atoms with E-state index in [0.717, 1.165) is 39.3 Å². The van der Waals surface area contributed by atoms with Gasteiger partial charge in [0.2, 0.25) is 0 Å². The number of hydrogen-bond acceptors (Lipinski definition) is 5. The van der Waals surface area contributed by atoms with Crippen molar-refractivity contribution >= 4 is 44.6 Å². The highest BCUT2D eigenvalue weighted by Gasteiger charge is 2.31. The van der Waals surface area contributed by atoms with E-state index in [1.54, 1.807) is 22.7 Å². The molecule has 0 saturated carbocycles. The van der Waals surface area contributed by atoms with Crippen LogP contribution in [-0.4, -0.2) is 17.6 Å². The molecule has 0 N–H and O–H groups in total. The number of halogens is 1. The molecule has 3 nitrogen and oxygen atoms in total. The minimum Gasteiger partial charge on any atom is -0.465 e. The van der Waals surface area contributed by atoms with E-state index < -0.39 is 0 Å². The molecule has 1 aliphatic carbocycles. The number of aryl methyl sites for hydroxylation is 1. The van der Waals surface area contributed by atoms with E-state index in [1.165, 1.54) is 4.88 Å². The topological polar surface area (TPSA) is 39.2 Å². The summed E-state index contributed by atoms with van der Waals surface area (Å²) in [5, 5.41) is 3.05. The number of thiazole rings is 1. The van der Waals surface area contributed by atoms with Crippen LogP contribution in [0.3, 0.4) is 0 Å². The third-order valence-corrected chi connectivity index (χ3v) is 6.46. The zero-order valence-corrected chi connectivity index (χ0v) is 14.2. The molecule has 0 bridgehead atoms. The van der Waals surface area contributed by atoms with Crippen molar-refractivity contribution in [3.63, 3.8) is 0 Å². The van der Waals surface area contributed by atoms with Crippen LogP contribution in [0.1, 0.15) is 36.3 Å². The van der Waals surface area contributed by atoms with E-state index in [4.69, 9.17) is 9.72 Å². The summed E-state index contributed by atoms with van der Waals surface area (Å²) in [4.78, 5) is 19.2. The Morgan fingerprint density at radius 3 is 3.15 bits per heavy atom. The first kappa shape index (κ1) is 14.2. The van der Waals surface area contributed by atoms with E-state index in [2.05, 4.69) is 15.9 Å². The van der Waals surface area contributed by atoms with Crippen LogP contribution in [0, 0.1) is 0 Å². The molecule has 0 amide bonds. The van der Waals surface area contributed by atoms with Crippen molar-refractivity contribution < 1.29 is 9.53 Å². The second-order valence-corrected chi connectivity index (χ2v) is 7.48. The lowest BCUT2D eigenvalue weighted by atomic mass is 9.91. The SMILES string of the molecule is CCOC(=O)C1CCCc2sc(-c3sccc3Br)nc21. The number of carbonyl (C=O) groups excluding carboxylic acids is 1. The van der Waals surface area contributed by atoms with Crippen molar-refractivity contribution in [2.24, 2.45) is 0 Å². The Balaban J connectivity index is 1.97. The maximum absolute atomic E-state index is 12.1. The van der Waals surface area contributed by atoms with Gasteiger partial charge in [0.05, 0.1) is 17.2 Å². The molecule has 0 aromatic carbocycles. The van der Waals surface area contributed by atoms with E-state index >= 15 is 0 Å². The van der Waals surface area contributed by atoms with E-state index in [1.807, 2.05) is 18.4 Å². The second kappa shape index (κ2) is 5.95. The molecule has 6 heteroatoms. The van der Waals surface area contributed by atoms with Crippen LogP contribution in [0.2, 0.25) is 0 Å². The van der Waals surface area contributed by atoms with Gasteiger partial charge in [0.1, 0.15) is 10.9 Å². The van der Waals surface area contributed by atoms with Crippen LogP contribution >= 0.6 is 38.6 Å². The summed E-state index contributed by atoms with van der Waals surface area (Å²) in [5.74, 6) is -0.307. The number of esters is 1. The molecule has 2 aromatic rings. The first-order chi connectivity index (χ1) is 9.70. The van der Waals surface area contributed by atoms with Crippen LogP contribution in [-0.2, 0) is 16.0 Å². The average molecular weight is 372 g/mol. The van der Waals surface area contributed by atoms with Gasteiger partial charge in [-0.2, -0.15) is 0 Å². The summed E-state index contributed by atoms with van der Waals surface area (Å²) in [6.45, 7) is 2.27. The number of nitrogens with zero attached hydrogens (tertiary/aromatic N) is 1. The second-order valence-electron chi connectivity index (χ2n) is 4.62. The lowest BCUT2D eigenvalue weighted by molar-refractivity contribution is -0.145. The molecule has 0 saturated heterocycles. The van der Waals surface area contributed by atoms with Gasteiger partial charge in [0.15, 0.2) is 0 Å².